The van der Waals surface area contributed by atoms with Gasteiger partial charge in [-0.3, -0.25) is 4.79 Å². The second-order valence-electron chi connectivity index (χ2n) is 7.20. The molecule has 5 nitrogen and oxygen atoms in total. The summed E-state index contributed by atoms with van der Waals surface area (Å²) in [5.74, 6) is 1.41. The van der Waals surface area contributed by atoms with Crippen molar-refractivity contribution in [2.24, 2.45) is 5.92 Å². The van der Waals surface area contributed by atoms with E-state index in [1.165, 1.54) is 6.42 Å². The molecule has 3 aromatic rings. The summed E-state index contributed by atoms with van der Waals surface area (Å²) in [6.07, 6.45) is 2.20. The standard InChI is InChI=1S/C23H25N3O2.2ClH/c1-28-18-8-6-17(7-9-18)22-14-20(19-4-2-3-5-21(19)26-22)23(27)25-13-11-16-10-12-24-15-16;;/h2-9,14,16,24H,10-13,15H2,1H3,(H,25,27);2*1H. The summed E-state index contributed by atoms with van der Waals surface area (Å²) in [6, 6.07) is 17.4. The minimum absolute atomic E-state index is 0. The number of fused-ring (bicyclic) bond motifs is 1. The topological polar surface area (TPSA) is 63.2 Å². The molecule has 1 amide bonds. The average Bonchev–Trinajstić information content (AvgIpc) is 3.26. The van der Waals surface area contributed by atoms with Crippen LogP contribution in [0.4, 0.5) is 0 Å². The molecule has 1 atom stereocenters. The van der Waals surface area contributed by atoms with Gasteiger partial charge in [-0.05, 0) is 68.2 Å². The van der Waals surface area contributed by atoms with Crippen LogP contribution in [0, 0.1) is 5.92 Å². The van der Waals surface area contributed by atoms with Crippen LogP contribution < -0.4 is 15.4 Å². The van der Waals surface area contributed by atoms with E-state index in [9.17, 15) is 4.79 Å². The van der Waals surface area contributed by atoms with Crippen LogP contribution in [0.1, 0.15) is 23.2 Å². The van der Waals surface area contributed by atoms with E-state index in [1.807, 2.05) is 54.6 Å². The molecule has 2 aromatic carbocycles. The number of nitrogens with zero attached hydrogens (tertiary/aromatic N) is 1. The number of amides is 1. The maximum absolute atomic E-state index is 12.9. The fraction of sp³-hybridized carbons (Fsp3) is 0.304. The lowest BCUT2D eigenvalue weighted by atomic mass is 10.0. The molecular weight excluding hydrogens is 421 g/mol. The number of rotatable bonds is 6. The number of hydrogen-bond acceptors (Lipinski definition) is 4. The van der Waals surface area contributed by atoms with Crippen molar-refractivity contribution in [1.82, 2.24) is 15.6 Å². The van der Waals surface area contributed by atoms with Gasteiger partial charge in [-0.25, -0.2) is 4.98 Å². The molecular formula is C23H27Cl2N3O2. The highest BCUT2D eigenvalue weighted by atomic mass is 35.5. The fourth-order valence-corrected chi connectivity index (χ4v) is 3.72. The molecule has 1 fully saturated rings. The number of aromatic nitrogens is 1. The van der Waals surface area contributed by atoms with Crippen molar-refractivity contribution in [2.45, 2.75) is 12.8 Å². The molecule has 30 heavy (non-hydrogen) atoms. The molecule has 0 saturated carbocycles. The summed E-state index contributed by atoms with van der Waals surface area (Å²) in [5, 5.41) is 7.35. The lowest BCUT2D eigenvalue weighted by Crippen LogP contribution is -2.26. The van der Waals surface area contributed by atoms with E-state index >= 15 is 0 Å². The fourth-order valence-electron chi connectivity index (χ4n) is 3.72. The van der Waals surface area contributed by atoms with Gasteiger partial charge < -0.3 is 15.4 Å². The number of hydrogen-bond donors (Lipinski definition) is 2. The van der Waals surface area contributed by atoms with E-state index in [-0.39, 0.29) is 30.7 Å². The molecule has 0 aliphatic carbocycles. The van der Waals surface area contributed by atoms with Crippen molar-refractivity contribution in [2.75, 3.05) is 26.7 Å². The number of nitrogens with one attached hydrogen (secondary N) is 2. The third kappa shape index (κ3) is 5.42. The maximum atomic E-state index is 12.9. The van der Waals surface area contributed by atoms with Crippen LogP contribution in [0.25, 0.3) is 22.2 Å². The quantitative estimate of drug-likeness (QED) is 0.584. The van der Waals surface area contributed by atoms with Crippen molar-refractivity contribution in [1.29, 1.82) is 0 Å². The molecule has 4 rings (SSSR count). The summed E-state index contributed by atoms with van der Waals surface area (Å²) >= 11 is 0. The highest BCUT2D eigenvalue weighted by Crippen LogP contribution is 2.26. The van der Waals surface area contributed by atoms with Crippen molar-refractivity contribution in [3.63, 3.8) is 0 Å². The average molecular weight is 448 g/mol. The molecule has 0 radical (unpaired) electrons. The van der Waals surface area contributed by atoms with Gasteiger partial charge in [0.1, 0.15) is 5.75 Å². The first-order valence-electron chi connectivity index (χ1n) is 9.78. The van der Waals surface area contributed by atoms with Crippen molar-refractivity contribution >= 4 is 41.6 Å². The highest BCUT2D eigenvalue weighted by Gasteiger charge is 2.16. The second-order valence-corrected chi connectivity index (χ2v) is 7.20. The van der Waals surface area contributed by atoms with Gasteiger partial charge in [-0.15, -0.1) is 24.8 Å². The summed E-state index contributed by atoms with van der Waals surface area (Å²) in [4.78, 5) is 17.7. The minimum atomic E-state index is -0.0423. The lowest BCUT2D eigenvalue weighted by Gasteiger charge is -2.12. The Balaban J connectivity index is 0.00000160. The van der Waals surface area contributed by atoms with Crippen molar-refractivity contribution < 1.29 is 9.53 Å². The van der Waals surface area contributed by atoms with Gasteiger partial charge in [-0.2, -0.15) is 0 Å². The molecule has 160 valence electrons. The van der Waals surface area contributed by atoms with Gasteiger partial charge in [0.05, 0.1) is 23.9 Å². The number of pyridine rings is 1. The Morgan fingerprint density at radius 2 is 1.93 bits per heavy atom. The van der Waals surface area contributed by atoms with Crippen LogP contribution in [-0.2, 0) is 0 Å². The first-order valence-corrected chi connectivity index (χ1v) is 9.78. The van der Waals surface area contributed by atoms with Crippen LogP contribution in [0.2, 0.25) is 0 Å². The Morgan fingerprint density at radius 3 is 2.63 bits per heavy atom. The van der Waals surface area contributed by atoms with Gasteiger partial charge in [0.25, 0.3) is 5.91 Å². The summed E-state index contributed by atoms with van der Waals surface area (Å²) in [6.45, 7) is 2.83. The normalized spacial score (nSPS) is 15.2. The van der Waals surface area contributed by atoms with Crippen LogP contribution in [0.3, 0.4) is 0 Å². The number of para-hydroxylation sites is 1. The molecule has 2 heterocycles. The molecule has 1 aliphatic rings. The van der Waals surface area contributed by atoms with Crippen LogP contribution in [0.5, 0.6) is 5.75 Å². The minimum Gasteiger partial charge on any atom is -0.497 e. The third-order valence-electron chi connectivity index (χ3n) is 5.35. The Hall–Kier alpha value is -2.34. The number of benzene rings is 2. The maximum Gasteiger partial charge on any atom is 0.252 e. The molecule has 1 aliphatic heterocycles. The predicted molar refractivity (Wildman–Crippen MR) is 126 cm³/mol. The van der Waals surface area contributed by atoms with Gasteiger partial charge in [0.2, 0.25) is 0 Å². The van der Waals surface area contributed by atoms with Crippen molar-refractivity contribution in [3.05, 3.63) is 60.2 Å². The van der Waals surface area contributed by atoms with E-state index in [2.05, 4.69) is 10.6 Å². The summed E-state index contributed by atoms with van der Waals surface area (Å²) < 4.78 is 5.23. The van der Waals surface area contributed by atoms with E-state index in [4.69, 9.17) is 9.72 Å². The van der Waals surface area contributed by atoms with Gasteiger partial charge in [-0.1, -0.05) is 18.2 Å². The molecule has 1 unspecified atom stereocenters. The molecule has 7 heteroatoms. The van der Waals surface area contributed by atoms with Gasteiger partial charge in [0.15, 0.2) is 0 Å². The van der Waals surface area contributed by atoms with E-state index in [0.29, 0.717) is 18.0 Å². The smallest absolute Gasteiger partial charge is 0.252 e. The number of ether oxygens (including phenoxy) is 1. The molecule has 1 aromatic heterocycles. The lowest BCUT2D eigenvalue weighted by molar-refractivity contribution is 0.0953. The molecule has 0 bridgehead atoms. The zero-order valence-electron chi connectivity index (χ0n) is 16.9. The second kappa shape index (κ2) is 11.2. The Kier molecular flexibility index (Phi) is 8.90. The van der Waals surface area contributed by atoms with E-state index < -0.39 is 0 Å². The van der Waals surface area contributed by atoms with Crippen LogP contribution in [0.15, 0.2) is 54.6 Å². The predicted octanol–water partition coefficient (Wildman–Crippen LogP) is 4.48. The number of carbonyl (C=O) groups is 1. The van der Waals surface area contributed by atoms with E-state index in [0.717, 1.165) is 47.4 Å². The first kappa shape index (κ1) is 23.9. The first-order chi connectivity index (χ1) is 13.7. The molecule has 2 N–H and O–H groups in total. The summed E-state index contributed by atoms with van der Waals surface area (Å²) in [7, 11) is 1.65. The SMILES string of the molecule is COc1ccc(-c2cc(C(=O)NCCC3CCNC3)c3ccccc3n2)cc1.Cl.Cl. The Labute approximate surface area is 189 Å². The number of halogens is 2. The van der Waals surface area contributed by atoms with Crippen LogP contribution >= 0.6 is 24.8 Å². The Bertz CT molecular complexity index is 974. The van der Waals surface area contributed by atoms with E-state index in [1.54, 1.807) is 7.11 Å². The van der Waals surface area contributed by atoms with Gasteiger partial charge in [0, 0.05) is 17.5 Å². The Morgan fingerprint density at radius 1 is 1.17 bits per heavy atom. The highest BCUT2D eigenvalue weighted by molar-refractivity contribution is 6.07. The van der Waals surface area contributed by atoms with Crippen LogP contribution in [-0.4, -0.2) is 37.6 Å². The van der Waals surface area contributed by atoms with Gasteiger partial charge >= 0.3 is 0 Å². The summed E-state index contributed by atoms with van der Waals surface area (Å²) in [5.41, 5.74) is 3.23. The zero-order valence-corrected chi connectivity index (χ0v) is 18.5. The largest absolute Gasteiger partial charge is 0.497 e. The van der Waals surface area contributed by atoms with Crippen molar-refractivity contribution in [3.8, 4) is 17.0 Å². The monoisotopic (exact) mass is 447 g/mol. The zero-order chi connectivity index (χ0) is 19.3. The molecule has 1 saturated heterocycles. The number of methoxy groups -OCH3 is 1. The molecule has 0 spiro atoms. The third-order valence-corrected chi connectivity index (χ3v) is 5.35. The number of carbonyl (C=O) groups excluding carboxylic acids is 1.